The molecule has 1 saturated carbocycles. The number of fused-ring (bicyclic) bond motifs is 1. The van der Waals surface area contributed by atoms with Gasteiger partial charge in [-0.15, -0.1) is 11.3 Å². The van der Waals surface area contributed by atoms with Crippen molar-refractivity contribution in [2.75, 3.05) is 7.05 Å². The van der Waals surface area contributed by atoms with Crippen molar-refractivity contribution in [2.24, 2.45) is 4.99 Å². The van der Waals surface area contributed by atoms with Crippen LogP contribution in [-0.2, 0) is 13.1 Å². The number of carbonyl (C=O) groups excluding carboxylic acids is 1. The number of aliphatic imine (C=N–C) groups is 1. The van der Waals surface area contributed by atoms with E-state index in [-0.39, 0.29) is 12.0 Å². The van der Waals surface area contributed by atoms with Crippen LogP contribution in [0.15, 0.2) is 41.0 Å². The largest absolute Gasteiger partial charge is 0.474 e. The highest BCUT2D eigenvalue weighted by Gasteiger charge is 2.27. The van der Waals surface area contributed by atoms with Gasteiger partial charge in [-0.2, -0.15) is 5.26 Å². The molecule has 7 nitrogen and oxygen atoms in total. The molecule has 3 aromatic heterocycles. The van der Waals surface area contributed by atoms with Crippen LogP contribution in [0, 0.1) is 11.3 Å². The SMILES string of the molecule is CN(Cc1cncc2c1CN=C2)C(=O)c1ccc(-c2cc(C#N)cs2)c(OC2CC2)n1. The molecule has 31 heavy (non-hydrogen) atoms. The second-order valence-electron chi connectivity index (χ2n) is 7.68. The first kappa shape index (κ1) is 19.4. The molecule has 154 valence electrons. The Morgan fingerprint density at radius 1 is 1.35 bits per heavy atom. The Morgan fingerprint density at radius 3 is 3.00 bits per heavy atom. The van der Waals surface area contributed by atoms with Crippen LogP contribution in [-0.4, -0.2) is 40.1 Å². The number of carbonyl (C=O) groups is 1. The summed E-state index contributed by atoms with van der Waals surface area (Å²) in [6, 6.07) is 7.54. The van der Waals surface area contributed by atoms with Gasteiger partial charge in [-0.1, -0.05) is 0 Å². The Hall–Kier alpha value is -3.57. The van der Waals surface area contributed by atoms with Crippen LogP contribution < -0.4 is 4.74 Å². The van der Waals surface area contributed by atoms with E-state index in [9.17, 15) is 4.79 Å². The van der Waals surface area contributed by atoms with Crippen LogP contribution >= 0.6 is 11.3 Å². The van der Waals surface area contributed by atoms with Crippen molar-refractivity contribution >= 4 is 23.5 Å². The number of amides is 1. The summed E-state index contributed by atoms with van der Waals surface area (Å²) in [6.07, 6.45) is 7.52. The van der Waals surface area contributed by atoms with Gasteiger partial charge in [0, 0.05) is 48.0 Å². The molecule has 8 heteroatoms. The molecule has 1 amide bonds. The molecule has 0 spiro atoms. The molecule has 1 aliphatic heterocycles. The van der Waals surface area contributed by atoms with Crippen molar-refractivity contribution in [2.45, 2.75) is 32.0 Å². The van der Waals surface area contributed by atoms with Crippen molar-refractivity contribution in [3.05, 3.63) is 63.9 Å². The standard InChI is InChI=1S/C23H19N5O2S/c1-28(12-16-10-25-8-15-9-26-11-19(15)16)23(29)20-5-4-18(21-6-14(7-24)13-31-21)22(27-20)30-17-2-3-17/h4-6,8-10,13,17H,2-3,11-12H2,1H3. The quantitative estimate of drug-likeness (QED) is 0.594. The summed E-state index contributed by atoms with van der Waals surface area (Å²) >= 11 is 1.47. The second-order valence-corrected chi connectivity index (χ2v) is 8.59. The lowest BCUT2D eigenvalue weighted by molar-refractivity contribution is 0.0777. The van der Waals surface area contributed by atoms with Crippen molar-refractivity contribution in [3.8, 4) is 22.4 Å². The molecule has 5 rings (SSSR count). The molecule has 2 aliphatic rings. The zero-order valence-corrected chi connectivity index (χ0v) is 17.7. The second kappa shape index (κ2) is 7.93. The minimum Gasteiger partial charge on any atom is -0.474 e. The van der Waals surface area contributed by atoms with Crippen molar-refractivity contribution in [1.82, 2.24) is 14.9 Å². The van der Waals surface area contributed by atoms with Crippen LogP contribution in [0.1, 0.15) is 45.6 Å². The highest BCUT2D eigenvalue weighted by Crippen LogP contribution is 2.36. The molecule has 4 heterocycles. The minimum absolute atomic E-state index is 0.141. The Balaban J connectivity index is 1.41. The molecular formula is C23H19N5O2S. The van der Waals surface area contributed by atoms with Gasteiger partial charge in [0.1, 0.15) is 17.9 Å². The van der Waals surface area contributed by atoms with Gasteiger partial charge in [-0.05, 0) is 42.2 Å². The van der Waals surface area contributed by atoms with E-state index in [1.54, 1.807) is 35.8 Å². The number of rotatable bonds is 6. The lowest BCUT2D eigenvalue weighted by Crippen LogP contribution is -2.27. The maximum atomic E-state index is 13.1. The molecule has 1 aliphatic carbocycles. The molecule has 0 radical (unpaired) electrons. The number of nitriles is 1. The molecule has 0 saturated heterocycles. The number of thiophene rings is 1. The topological polar surface area (TPSA) is 91.5 Å². The molecule has 0 bridgehead atoms. The van der Waals surface area contributed by atoms with E-state index in [0.29, 0.717) is 30.2 Å². The average molecular weight is 430 g/mol. The van der Waals surface area contributed by atoms with E-state index in [1.807, 2.05) is 18.3 Å². The third kappa shape index (κ3) is 3.92. The van der Waals surface area contributed by atoms with E-state index >= 15 is 0 Å². The fourth-order valence-corrected chi connectivity index (χ4v) is 4.32. The lowest BCUT2D eigenvalue weighted by atomic mass is 10.1. The normalized spacial score (nSPS) is 14.2. The lowest BCUT2D eigenvalue weighted by Gasteiger charge is -2.19. The first-order chi connectivity index (χ1) is 15.1. The Bertz CT molecular complexity index is 1240. The Morgan fingerprint density at radius 2 is 2.23 bits per heavy atom. The van der Waals surface area contributed by atoms with Crippen molar-refractivity contribution in [3.63, 3.8) is 0 Å². The Kier molecular flexibility index (Phi) is 4.96. The minimum atomic E-state index is -0.187. The summed E-state index contributed by atoms with van der Waals surface area (Å²) in [5.41, 5.74) is 4.84. The van der Waals surface area contributed by atoms with Gasteiger partial charge in [-0.25, -0.2) is 4.98 Å². The molecule has 3 aromatic rings. The molecule has 0 atom stereocenters. The molecule has 1 fully saturated rings. The van der Waals surface area contributed by atoms with Gasteiger partial charge >= 0.3 is 0 Å². The van der Waals surface area contributed by atoms with Gasteiger partial charge in [-0.3, -0.25) is 14.8 Å². The fraction of sp³-hybridized carbons (Fsp3) is 0.261. The van der Waals surface area contributed by atoms with Gasteiger partial charge in [0.15, 0.2) is 0 Å². The van der Waals surface area contributed by atoms with Gasteiger partial charge in [0.25, 0.3) is 5.91 Å². The fourth-order valence-electron chi connectivity index (χ4n) is 3.46. The zero-order chi connectivity index (χ0) is 21.4. The van der Waals surface area contributed by atoms with Crippen LogP contribution in [0.5, 0.6) is 5.88 Å². The smallest absolute Gasteiger partial charge is 0.272 e. The third-order valence-corrected chi connectivity index (χ3v) is 6.25. The maximum absolute atomic E-state index is 13.1. The third-order valence-electron chi connectivity index (χ3n) is 5.29. The van der Waals surface area contributed by atoms with Crippen molar-refractivity contribution < 1.29 is 9.53 Å². The van der Waals surface area contributed by atoms with Crippen LogP contribution in [0.3, 0.4) is 0 Å². The predicted molar refractivity (Wildman–Crippen MR) is 117 cm³/mol. The van der Waals surface area contributed by atoms with Crippen LogP contribution in [0.2, 0.25) is 0 Å². The van der Waals surface area contributed by atoms with Crippen LogP contribution in [0.4, 0.5) is 0 Å². The monoisotopic (exact) mass is 429 g/mol. The summed E-state index contributed by atoms with van der Waals surface area (Å²) in [5.74, 6) is 0.261. The zero-order valence-electron chi connectivity index (χ0n) is 16.9. The average Bonchev–Trinajstić information content (AvgIpc) is 3.27. The first-order valence-electron chi connectivity index (χ1n) is 10.00. The maximum Gasteiger partial charge on any atom is 0.272 e. The number of ether oxygens (including phenoxy) is 1. The molecule has 0 unspecified atom stereocenters. The number of aromatic nitrogens is 2. The number of pyridine rings is 2. The van der Waals surface area contributed by atoms with Gasteiger partial charge in [0.2, 0.25) is 5.88 Å². The summed E-state index contributed by atoms with van der Waals surface area (Å²) < 4.78 is 6.02. The van der Waals surface area contributed by atoms with E-state index in [2.05, 4.69) is 21.0 Å². The number of hydrogen-bond donors (Lipinski definition) is 0. The number of hydrogen-bond acceptors (Lipinski definition) is 7. The summed E-state index contributed by atoms with van der Waals surface area (Å²) in [4.78, 5) is 28.8. The Labute approximate surface area is 183 Å². The van der Waals surface area contributed by atoms with E-state index in [0.717, 1.165) is 40.0 Å². The summed E-state index contributed by atoms with van der Waals surface area (Å²) in [6.45, 7) is 1.05. The summed E-state index contributed by atoms with van der Waals surface area (Å²) in [5, 5.41) is 10.9. The van der Waals surface area contributed by atoms with Crippen LogP contribution in [0.25, 0.3) is 10.4 Å². The highest BCUT2D eigenvalue weighted by atomic mass is 32.1. The number of nitrogens with zero attached hydrogens (tertiary/aromatic N) is 5. The first-order valence-corrected chi connectivity index (χ1v) is 10.9. The predicted octanol–water partition coefficient (Wildman–Crippen LogP) is 3.82. The molecule has 0 N–H and O–H groups in total. The van der Waals surface area contributed by atoms with E-state index in [4.69, 9.17) is 10.00 Å². The highest BCUT2D eigenvalue weighted by molar-refractivity contribution is 7.13. The van der Waals surface area contributed by atoms with E-state index < -0.39 is 0 Å². The molecule has 0 aromatic carbocycles. The molecular weight excluding hydrogens is 410 g/mol. The summed E-state index contributed by atoms with van der Waals surface area (Å²) in [7, 11) is 1.76. The van der Waals surface area contributed by atoms with Gasteiger partial charge in [0.05, 0.1) is 17.7 Å². The van der Waals surface area contributed by atoms with Gasteiger partial charge < -0.3 is 9.64 Å². The van der Waals surface area contributed by atoms with E-state index in [1.165, 1.54) is 11.3 Å². The van der Waals surface area contributed by atoms with Crippen molar-refractivity contribution in [1.29, 1.82) is 5.26 Å².